The fourth-order valence-electron chi connectivity index (χ4n) is 1.38. The number of benzene rings is 2. The van der Waals surface area contributed by atoms with E-state index in [1.807, 2.05) is 60.7 Å². The van der Waals surface area contributed by atoms with Gasteiger partial charge in [-0.15, -0.1) is 0 Å². The van der Waals surface area contributed by atoms with Crippen molar-refractivity contribution in [2.45, 2.75) is 0 Å². The van der Waals surface area contributed by atoms with E-state index in [9.17, 15) is 5.11 Å². The van der Waals surface area contributed by atoms with Gasteiger partial charge in [-0.1, -0.05) is 60.7 Å². The van der Waals surface area contributed by atoms with Crippen LogP contribution in [0, 0.1) is 0 Å². The molecular weight excluding hydrogens is 207 g/mol. The van der Waals surface area contributed by atoms with Gasteiger partial charge >= 0.3 is 29.6 Å². The van der Waals surface area contributed by atoms with E-state index in [2.05, 4.69) is 0 Å². The summed E-state index contributed by atoms with van der Waals surface area (Å²) in [6.45, 7) is 0. The van der Waals surface area contributed by atoms with E-state index in [0.29, 0.717) is 5.75 Å². The minimum absolute atomic E-state index is 0. The molecule has 0 bridgehead atoms. The molecule has 2 aromatic rings. The normalized spacial score (nSPS) is 10.0. The van der Waals surface area contributed by atoms with Crippen LogP contribution in [0.25, 0.3) is 12.2 Å². The van der Waals surface area contributed by atoms with Gasteiger partial charge in [-0.3, -0.25) is 0 Å². The van der Waals surface area contributed by atoms with Gasteiger partial charge < -0.3 is 5.11 Å². The van der Waals surface area contributed by atoms with Gasteiger partial charge in [0.05, 0.1) is 0 Å². The molecule has 0 atom stereocenters. The molecule has 0 aliphatic carbocycles. The second-order valence-electron chi connectivity index (χ2n) is 3.30. The SMILES string of the molecule is Oc1ccccc1C=Cc1ccccc1.[NaH]. The van der Waals surface area contributed by atoms with Gasteiger partial charge in [0, 0.05) is 5.56 Å². The molecular formula is C14H13NaO. The van der Waals surface area contributed by atoms with Crippen molar-refractivity contribution in [2.24, 2.45) is 0 Å². The molecule has 0 spiro atoms. The van der Waals surface area contributed by atoms with E-state index in [1.165, 1.54) is 0 Å². The minimum atomic E-state index is 0. The van der Waals surface area contributed by atoms with Crippen LogP contribution in [0.3, 0.4) is 0 Å². The number of para-hydroxylation sites is 1. The zero-order chi connectivity index (χ0) is 10.5. The fraction of sp³-hybridized carbons (Fsp3) is 0. The van der Waals surface area contributed by atoms with Crippen LogP contribution in [0.1, 0.15) is 11.1 Å². The monoisotopic (exact) mass is 220 g/mol. The number of phenols is 1. The topological polar surface area (TPSA) is 20.2 Å². The first-order valence-corrected chi connectivity index (χ1v) is 4.87. The summed E-state index contributed by atoms with van der Waals surface area (Å²) in [7, 11) is 0. The Balaban J connectivity index is 0.00000128. The maximum atomic E-state index is 9.54. The Bertz CT molecular complexity index is 463. The third-order valence-electron chi connectivity index (χ3n) is 2.19. The van der Waals surface area contributed by atoms with Gasteiger partial charge in [-0.2, -0.15) is 0 Å². The molecule has 1 nitrogen and oxygen atoms in total. The molecule has 1 N–H and O–H groups in total. The average Bonchev–Trinajstić information content (AvgIpc) is 2.29. The van der Waals surface area contributed by atoms with E-state index < -0.39 is 0 Å². The second kappa shape index (κ2) is 6.54. The number of aromatic hydroxyl groups is 1. The Morgan fingerprint density at radius 1 is 0.750 bits per heavy atom. The van der Waals surface area contributed by atoms with Crippen LogP contribution in [-0.4, -0.2) is 34.7 Å². The Hall–Kier alpha value is -1.02. The fourth-order valence-corrected chi connectivity index (χ4v) is 1.38. The van der Waals surface area contributed by atoms with Crippen LogP contribution in [0.15, 0.2) is 54.6 Å². The van der Waals surface area contributed by atoms with Gasteiger partial charge in [-0.05, 0) is 11.6 Å². The predicted octanol–water partition coefficient (Wildman–Crippen LogP) is 2.91. The summed E-state index contributed by atoms with van der Waals surface area (Å²) in [5, 5.41) is 9.54. The standard InChI is InChI=1S/C14H12O.Na.H/c15-14-9-5-4-8-13(14)11-10-12-6-2-1-3-7-12;;/h1-11,15H;;. The molecule has 2 rings (SSSR count). The first kappa shape index (κ1) is 13.0. The van der Waals surface area contributed by atoms with E-state index in [1.54, 1.807) is 6.07 Å². The number of phenolic OH excluding ortho intramolecular Hbond substituents is 1. The Labute approximate surface area is 118 Å². The summed E-state index contributed by atoms with van der Waals surface area (Å²) < 4.78 is 0. The molecule has 2 heteroatoms. The third-order valence-corrected chi connectivity index (χ3v) is 2.19. The third kappa shape index (κ3) is 3.53. The van der Waals surface area contributed by atoms with Crippen LogP contribution in [0.5, 0.6) is 5.75 Å². The van der Waals surface area contributed by atoms with Crippen molar-refractivity contribution in [3.63, 3.8) is 0 Å². The average molecular weight is 220 g/mol. The molecule has 0 unspecified atom stereocenters. The van der Waals surface area contributed by atoms with Gasteiger partial charge in [0.25, 0.3) is 0 Å². The molecule has 0 saturated heterocycles. The molecule has 0 aliphatic heterocycles. The summed E-state index contributed by atoms with van der Waals surface area (Å²) in [5.41, 5.74) is 1.96. The molecule has 0 fully saturated rings. The Morgan fingerprint density at radius 2 is 1.38 bits per heavy atom. The number of rotatable bonds is 2. The summed E-state index contributed by atoms with van der Waals surface area (Å²) in [6, 6.07) is 17.3. The molecule has 76 valence electrons. The van der Waals surface area contributed by atoms with E-state index in [4.69, 9.17) is 0 Å². The van der Waals surface area contributed by atoms with Crippen molar-refractivity contribution in [3.05, 3.63) is 65.7 Å². The first-order chi connectivity index (χ1) is 7.36. The Kier molecular flexibility index (Phi) is 5.33. The zero-order valence-electron chi connectivity index (χ0n) is 8.30. The van der Waals surface area contributed by atoms with Crippen molar-refractivity contribution < 1.29 is 5.11 Å². The number of hydrogen-bond donors (Lipinski definition) is 1. The molecule has 0 heterocycles. The van der Waals surface area contributed by atoms with E-state index in [-0.39, 0.29) is 29.6 Å². The summed E-state index contributed by atoms with van der Waals surface area (Å²) in [5.74, 6) is 0.310. The van der Waals surface area contributed by atoms with Crippen LogP contribution < -0.4 is 0 Å². The molecule has 0 saturated carbocycles. The first-order valence-electron chi connectivity index (χ1n) is 4.87. The second-order valence-corrected chi connectivity index (χ2v) is 3.30. The predicted molar refractivity (Wildman–Crippen MR) is 70.6 cm³/mol. The van der Waals surface area contributed by atoms with Gasteiger partial charge in [0.2, 0.25) is 0 Å². The van der Waals surface area contributed by atoms with Gasteiger partial charge in [0.15, 0.2) is 0 Å². The van der Waals surface area contributed by atoms with Crippen LogP contribution >= 0.6 is 0 Å². The van der Waals surface area contributed by atoms with Crippen molar-refractivity contribution in [2.75, 3.05) is 0 Å². The molecule has 2 aromatic carbocycles. The van der Waals surface area contributed by atoms with Crippen LogP contribution in [-0.2, 0) is 0 Å². The zero-order valence-corrected chi connectivity index (χ0v) is 8.30. The van der Waals surface area contributed by atoms with Crippen molar-refractivity contribution in [1.29, 1.82) is 0 Å². The molecule has 0 radical (unpaired) electrons. The van der Waals surface area contributed by atoms with Crippen molar-refractivity contribution in [1.82, 2.24) is 0 Å². The summed E-state index contributed by atoms with van der Waals surface area (Å²) in [4.78, 5) is 0. The van der Waals surface area contributed by atoms with E-state index >= 15 is 0 Å². The van der Waals surface area contributed by atoms with Crippen molar-refractivity contribution >= 4 is 41.7 Å². The number of hydrogen-bond acceptors (Lipinski definition) is 1. The quantitative estimate of drug-likeness (QED) is 0.609. The van der Waals surface area contributed by atoms with Crippen LogP contribution in [0.2, 0.25) is 0 Å². The Morgan fingerprint density at radius 3 is 2.06 bits per heavy atom. The molecule has 0 amide bonds. The maximum absolute atomic E-state index is 9.54. The summed E-state index contributed by atoms with van der Waals surface area (Å²) >= 11 is 0. The molecule has 0 aromatic heterocycles. The van der Waals surface area contributed by atoms with Crippen molar-refractivity contribution in [3.8, 4) is 5.75 Å². The van der Waals surface area contributed by atoms with Gasteiger partial charge in [0.1, 0.15) is 5.75 Å². The van der Waals surface area contributed by atoms with Crippen LogP contribution in [0.4, 0.5) is 0 Å². The molecule has 16 heavy (non-hydrogen) atoms. The van der Waals surface area contributed by atoms with E-state index in [0.717, 1.165) is 11.1 Å². The summed E-state index contributed by atoms with van der Waals surface area (Å²) in [6.07, 6.45) is 3.89. The molecule has 0 aliphatic rings. The van der Waals surface area contributed by atoms with Gasteiger partial charge in [-0.25, -0.2) is 0 Å².